The van der Waals surface area contributed by atoms with E-state index in [1.165, 1.54) is 0 Å². The number of benzene rings is 1. The second kappa shape index (κ2) is 6.55. The minimum Gasteiger partial charge on any atom is -0.486 e. The first-order valence-electron chi connectivity index (χ1n) is 7.70. The van der Waals surface area contributed by atoms with Gasteiger partial charge in [-0.1, -0.05) is 11.6 Å². The Hall–Kier alpha value is -1.50. The summed E-state index contributed by atoms with van der Waals surface area (Å²) in [5.74, 6) is 1.05. The Kier molecular flexibility index (Phi) is 4.66. The largest absolute Gasteiger partial charge is 0.486 e. The molecule has 7 heteroatoms. The van der Waals surface area contributed by atoms with E-state index < -0.39 is 5.60 Å². The average molecular weight is 342 g/mol. The fourth-order valence-corrected chi connectivity index (χ4v) is 3.19. The molecule has 126 valence electrons. The summed E-state index contributed by atoms with van der Waals surface area (Å²) in [6.45, 7) is 1.32. The third-order valence-electron chi connectivity index (χ3n) is 4.26. The Bertz CT molecular complexity index is 608. The number of piperidine rings is 1. The molecular weight excluding hydrogens is 322 g/mol. The summed E-state index contributed by atoms with van der Waals surface area (Å²) in [5, 5.41) is 19.9. The molecule has 1 aromatic rings. The van der Waals surface area contributed by atoms with E-state index >= 15 is 0 Å². The Morgan fingerprint density at radius 1 is 1.30 bits per heavy atom. The Morgan fingerprint density at radius 3 is 2.70 bits per heavy atom. The molecule has 0 spiro atoms. The lowest BCUT2D eigenvalue weighted by Gasteiger charge is -2.38. The summed E-state index contributed by atoms with van der Waals surface area (Å²) in [6.07, 6.45) is 1.28. The number of carbonyl (C=O) groups excluding carboxylic acids is 1. The number of hydrogen-bond donors (Lipinski definition) is 2. The van der Waals surface area contributed by atoms with Crippen LogP contribution in [0.2, 0.25) is 5.02 Å². The van der Waals surface area contributed by atoms with Gasteiger partial charge in [0, 0.05) is 17.6 Å². The molecule has 0 aliphatic carbocycles. The van der Waals surface area contributed by atoms with Gasteiger partial charge in [-0.05, 0) is 24.5 Å². The fraction of sp³-hybridized carbons (Fsp3) is 0.562. The first-order valence-corrected chi connectivity index (χ1v) is 8.08. The lowest BCUT2D eigenvalue weighted by atomic mass is 9.93. The molecule has 1 saturated heterocycles. The van der Waals surface area contributed by atoms with Gasteiger partial charge in [0.15, 0.2) is 11.5 Å². The summed E-state index contributed by atoms with van der Waals surface area (Å²) in [6, 6.07) is 3.40. The van der Waals surface area contributed by atoms with Crippen molar-refractivity contribution in [2.45, 2.75) is 24.9 Å². The quantitative estimate of drug-likeness (QED) is 0.857. The molecule has 1 fully saturated rings. The molecule has 0 saturated carbocycles. The number of fused-ring (bicyclic) bond motifs is 1. The normalized spacial score (nSPS) is 23.7. The molecule has 1 unspecified atom stereocenters. The van der Waals surface area contributed by atoms with Crippen LogP contribution in [0.4, 0.5) is 0 Å². The summed E-state index contributed by atoms with van der Waals surface area (Å²) < 4.78 is 11.0. The minimum absolute atomic E-state index is 0.122. The van der Waals surface area contributed by atoms with Crippen LogP contribution in [0.1, 0.15) is 18.4 Å². The van der Waals surface area contributed by atoms with Crippen molar-refractivity contribution in [2.24, 2.45) is 0 Å². The smallest absolute Gasteiger partial charge is 0.227 e. The molecule has 2 N–H and O–H groups in total. The van der Waals surface area contributed by atoms with Gasteiger partial charge in [0.05, 0.1) is 19.6 Å². The van der Waals surface area contributed by atoms with Gasteiger partial charge in [0.2, 0.25) is 5.91 Å². The van der Waals surface area contributed by atoms with Crippen LogP contribution in [-0.2, 0) is 11.2 Å². The van der Waals surface area contributed by atoms with Crippen molar-refractivity contribution in [3.8, 4) is 11.5 Å². The van der Waals surface area contributed by atoms with E-state index in [9.17, 15) is 15.0 Å². The highest BCUT2D eigenvalue weighted by Gasteiger charge is 2.34. The zero-order valence-electron chi connectivity index (χ0n) is 12.8. The highest BCUT2D eigenvalue weighted by atomic mass is 35.5. The Labute approximate surface area is 139 Å². The predicted molar refractivity (Wildman–Crippen MR) is 84.0 cm³/mol. The molecule has 1 aromatic carbocycles. The number of β-amino-alcohol motifs (C(OH)–C–C–N with tert-alkyl or cyclic N) is 1. The van der Waals surface area contributed by atoms with Gasteiger partial charge in [-0.25, -0.2) is 0 Å². The van der Waals surface area contributed by atoms with E-state index in [1.54, 1.807) is 17.0 Å². The SMILES string of the molecule is O=C(Cc1cc2c(cc1Cl)OCCO2)N1CCCC(O)(CO)C1. The standard InChI is InChI=1S/C16H20ClNO5/c17-12-8-14-13(22-4-5-23-14)6-11(12)7-15(20)18-3-1-2-16(21,9-18)10-19/h6,8,19,21H,1-5,7,9-10H2. The van der Waals surface area contributed by atoms with Crippen molar-refractivity contribution >= 4 is 17.5 Å². The topological polar surface area (TPSA) is 79.2 Å². The van der Waals surface area contributed by atoms with E-state index in [-0.39, 0.29) is 25.5 Å². The van der Waals surface area contributed by atoms with Crippen LogP contribution in [0.3, 0.4) is 0 Å². The maximum absolute atomic E-state index is 12.5. The number of amides is 1. The number of halogens is 1. The van der Waals surface area contributed by atoms with Gasteiger partial charge in [0.1, 0.15) is 18.8 Å². The van der Waals surface area contributed by atoms with Gasteiger partial charge in [0.25, 0.3) is 0 Å². The zero-order valence-corrected chi connectivity index (χ0v) is 13.5. The molecule has 0 aromatic heterocycles. The molecular formula is C16H20ClNO5. The van der Waals surface area contributed by atoms with Crippen molar-refractivity contribution in [3.05, 3.63) is 22.7 Å². The van der Waals surface area contributed by atoms with Gasteiger partial charge in [-0.15, -0.1) is 0 Å². The van der Waals surface area contributed by atoms with E-state index in [2.05, 4.69) is 0 Å². The summed E-state index contributed by atoms with van der Waals surface area (Å²) in [5.41, 5.74) is -0.538. The Balaban J connectivity index is 1.72. The molecule has 23 heavy (non-hydrogen) atoms. The number of ether oxygens (including phenoxy) is 2. The highest BCUT2D eigenvalue weighted by Crippen LogP contribution is 2.35. The number of aliphatic hydroxyl groups is 2. The molecule has 0 radical (unpaired) electrons. The fourth-order valence-electron chi connectivity index (χ4n) is 2.97. The summed E-state index contributed by atoms with van der Waals surface area (Å²) >= 11 is 6.23. The first-order chi connectivity index (χ1) is 11.0. The van der Waals surface area contributed by atoms with E-state index in [0.717, 1.165) is 0 Å². The van der Waals surface area contributed by atoms with Crippen LogP contribution in [-0.4, -0.2) is 59.5 Å². The van der Waals surface area contributed by atoms with Crippen molar-refractivity contribution in [3.63, 3.8) is 0 Å². The lowest BCUT2D eigenvalue weighted by Crippen LogP contribution is -2.52. The number of hydrogen-bond acceptors (Lipinski definition) is 5. The minimum atomic E-state index is -1.20. The number of likely N-dealkylation sites (tertiary alicyclic amines) is 1. The molecule has 0 bridgehead atoms. The molecule has 1 atom stereocenters. The molecule has 2 aliphatic rings. The van der Waals surface area contributed by atoms with Gasteiger partial charge < -0.3 is 24.6 Å². The van der Waals surface area contributed by atoms with Gasteiger partial charge in [-0.2, -0.15) is 0 Å². The van der Waals surface area contributed by atoms with E-state index in [4.69, 9.17) is 21.1 Å². The third-order valence-corrected chi connectivity index (χ3v) is 4.61. The van der Waals surface area contributed by atoms with Crippen molar-refractivity contribution < 1.29 is 24.5 Å². The van der Waals surface area contributed by atoms with Gasteiger partial charge >= 0.3 is 0 Å². The van der Waals surface area contributed by atoms with Crippen LogP contribution in [0, 0.1) is 0 Å². The number of carbonyl (C=O) groups is 1. The first kappa shape index (κ1) is 16.4. The van der Waals surface area contributed by atoms with E-state index in [1.807, 2.05) is 0 Å². The van der Waals surface area contributed by atoms with Crippen molar-refractivity contribution in [2.75, 3.05) is 32.9 Å². The second-order valence-corrected chi connectivity index (χ2v) is 6.47. The molecule has 2 aliphatic heterocycles. The van der Waals surface area contributed by atoms with E-state index in [0.29, 0.717) is 54.7 Å². The average Bonchev–Trinajstić information content (AvgIpc) is 2.55. The summed E-state index contributed by atoms with van der Waals surface area (Å²) in [4.78, 5) is 14.1. The second-order valence-electron chi connectivity index (χ2n) is 6.07. The number of aliphatic hydroxyl groups excluding tert-OH is 1. The van der Waals surface area contributed by atoms with Crippen LogP contribution in [0.25, 0.3) is 0 Å². The van der Waals surface area contributed by atoms with Crippen LogP contribution in [0.5, 0.6) is 11.5 Å². The molecule has 1 amide bonds. The van der Waals surface area contributed by atoms with Crippen LogP contribution >= 0.6 is 11.6 Å². The predicted octanol–water partition coefficient (Wildman–Crippen LogP) is 0.999. The van der Waals surface area contributed by atoms with Crippen LogP contribution in [0.15, 0.2) is 12.1 Å². The molecule has 6 nitrogen and oxygen atoms in total. The zero-order chi connectivity index (χ0) is 16.4. The number of rotatable bonds is 3. The number of nitrogens with zero attached hydrogens (tertiary/aromatic N) is 1. The molecule has 3 rings (SSSR count). The maximum atomic E-state index is 12.5. The third kappa shape index (κ3) is 3.54. The summed E-state index contributed by atoms with van der Waals surface area (Å²) in [7, 11) is 0. The Morgan fingerprint density at radius 2 is 2.00 bits per heavy atom. The van der Waals surface area contributed by atoms with Crippen LogP contribution < -0.4 is 9.47 Å². The van der Waals surface area contributed by atoms with Crippen molar-refractivity contribution in [1.82, 2.24) is 4.90 Å². The maximum Gasteiger partial charge on any atom is 0.227 e. The highest BCUT2D eigenvalue weighted by molar-refractivity contribution is 6.31. The monoisotopic (exact) mass is 341 g/mol. The van der Waals surface area contributed by atoms with Crippen molar-refractivity contribution in [1.29, 1.82) is 0 Å². The van der Waals surface area contributed by atoms with Gasteiger partial charge in [-0.3, -0.25) is 4.79 Å². The molecule has 2 heterocycles. The lowest BCUT2D eigenvalue weighted by molar-refractivity contribution is -0.139.